The number of carbonyl (C=O) groups excluding carboxylic acids is 1. The third kappa shape index (κ3) is 6.38. The Balaban J connectivity index is 2.05. The predicted molar refractivity (Wildman–Crippen MR) is 101 cm³/mol. The molecule has 26 heavy (non-hydrogen) atoms. The molecule has 2 aromatic rings. The van der Waals surface area contributed by atoms with E-state index >= 15 is 0 Å². The number of carbonyl (C=O) groups is 2. The van der Waals surface area contributed by atoms with Crippen molar-refractivity contribution in [2.75, 3.05) is 25.5 Å². The summed E-state index contributed by atoms with van der Waals surface area (Å²) in [7, 11) is 1.68. The molecule has 7 heteroatoms. The zero-order chi connectivity index (χ0) is 19.1. The van der Waals surface area contributed by atoms with Gasteiger partial charge < -0.3 is 15.2 Å². The monoisotopic (exact) mass is 376 g/mol. The molecule has 1 amide bonds. The third-order valence-electron chi connectivity index (χ3n) is 3.59. The molecule has 0 saturated carbocycles. The summed E-state index contributed by atoms with van der Waals surface area (Å²) >= 11 is 6.03. The van der Waals surface area contributed by atoms with Crippen LogP contribution in [0.2, 0.25) is 5.02 Å². The Morgan fingerprint density at radius 3 is 2.54 bits per heavy atom. The van der Waals surface area contributed by atoms with Crippen LogP contribution >= 0.6 is 11.6 Å². The molecule has 2 rings (SSSR count). The summed E-state index contributed by atoms with van der Waals surface area (Å²) in [5.41, 5.74) is 1.57. The van der Waals surface area contributed by atoms with Crippen molar-refractivity contribution in [1.82, 2.24) is 4.90 Å². The van der Waals surface area contributed by atoms with E-state index in [4.69, 9.17) is 21.4 Å². The van der Waals surface area contributed by atoms with Crippen LogP contribution in [0.5, 0.6) is 11.5 Å². The first-order chi connectivity index (χ1) is 12.3. The van der Waals surface area contributed by atoms with Crippen LogP contribution in [-0.2, 0) is 9.59 Å². The maximum absolute atomic E-state index is 12.2. The molecule has 0 saturated heterocycles. The van der Waals surface area contributed by atoms with Crippen molar-refractivity contribution >= 4 is 29.2 Å². The van der Waals surface area contributed by atoms with Crippen LogP contribution in [0.25, 0.3) is 0 Å². The molecular formula is C19H21ClN2O4. The number of hydrogen-bond acceptors (Lipinski definition) is 4. The van der Waals surface area contributed by atoms with Crippen LogP contribution in [0, 0.1) is 6.92 Å². The summed E-state index contributed by atoms with van der Waals surface area (Å²) in [6, 6.07) is 12.5. The van der Waals surface area contributed by atoms with Crippen LogP contribution in [0.1, 0.15) is 12.0 Å². The van der Waals surface area contributed by atoms with Gasteiger partial charge in [-0.2, -0.15) is 0 Å². The van der Waals surface area contributed by atoms with E-state index in [1.54, 1.807) is 30.1 Å². The van der Waals surface area contributed by atoms with E-state index in [2.05, 4.69) is 5.32 Å². The minimum Gasteiger partial charge on any atom is -0.481 e. The van der Waals surface area contributed by atoms with Crippen molar-refractivity contribution < 1.29 is 19.4 Å². The van der Waals surface area contributed by atoms with Gasteiger partial charge in [0.25, 0.3) is 0 Å². The van der Waals surface area contributed by atoms with Gasteiger partial charge in [-0.05, 0) is 44.3 Å². The van der Waals surface area contributed by atoms with Crippen LogP contribution in [0.4, 0.5) is 5.69 Å². The number of anilines is 1. The fourth-order valence-corrected chi connectivity index (χ4v) is 2.39. The predicted octanol–water partition coefficient (Wildman–Crippen LogP) is 3.79. The molecule has 0 atom stereocenters. The van der Waals surface area contributed by atoms with E-state index in [0.29, 0.717) is 22.2 Å². The molecule has 0 heterocycles. The van der Waals surface area contributed by atoms with Crippen LogP contribution in [0.3, 0.4) is 0 Å². The summed E-state index contributed by atoms with van der Waals surface area (Å²) < 4.78 is 5.84. The quantitative estimate of drug-likeness (QED) is 0.732. The summed E-state index contributed by atoms with van der Waals surface area (Å²) in [5, 5.41) is 11.9. The number of nitrogens with zero attached hydrogens (tertiary/aromatic N) is 1. The summed E-state index contributed by atoms with van der Waals surface area (Å²) in [6.45, 7) is 2.33. The molecule has 0 spiro atoms. The van der Waals surface area contributed by atoms with Gasteiger partial charge in [0.2, 0.25) is 5.91 Å². The summed E-state index contributed by atoms with van der Waals surface area (Å²) in [6.07, 6.45) is -0.0251. The lowest BCUT2D eigenvalue weighted by Crippen LogP contribution is -2.31. The van der Waals surface area contributed by atoms with E-state index in [-0.39, 0.29) is 25.4 Å². The molecular weight excluding hydrogens is 356 g/mol. The van der Waals surface area contributed by atoms with Crippen molar-refractivity contribution in [2.45, 2.75) is 13.3 Å². The van der Waals surface area contributed by atoms with Crippen LogP contribution in [0.15, 0.2) is 42.5 Å². The standard InChI is InChI=1S/C19H21ClN2O4/c1-13-3-6-15(7-4-13)26-17-8-5-14(20)11-16(17)21-18(23)12-22(2)10-9-19(24)25/h3-8,11H,9-10,12H2,1-2H3,(H,21,23)(H,24,25). The first kappa shape index (κ1) is 19.8. The number of ether oxygens (including phenoxy) is 1. The van der Waals surface area contributed by atoms with E-state index in [1.165, 1.54) is 0 Å². The van der Waals surface area contributed by atoms with Crippen LogP contribution < -0.4 is 10.1 Å². The highest BCUT2D eigenvalue weighted by atomic mass is 35.5. The van der Waals surface area contributed by atoms with Gasteiger partial charge in [-0.25, -0.2) is 0 Å². The van der Waals surface area contributed by atoms with E-state index in [1.807, 2.05) is 31.2 Å². The highest BCUT2D eigenvalue weighted by molar-refractivity contribution is 6.31. The second kappa shape index (κ2) is 9.22. The maximum Gasteiger partial charge on any atom is 0.304 e. The van der Waals surface area contributed by atoms with Gasteiger partial charge >= 0.3 is 5.97 Å². The summed E-state index contributed by atoms with van der Waals surface area (Å²) in [5.74, 6) is -0.0680. The van der Waals surface area contributed by atoms with Gasteiger partial charge in [0.15, 0.2) is 5.75 Å². The lowest BCUT2D eigenvalue weighted by Gasteiger charge is -2.17. The second-order valence-electron chi connectivity index (χ2n) is 5.99. The first-order valence-corrected chi connectivity index (χ1v) is 8.45. The minimum absolute atomic E-state index is 0.0251. The highest BCUT2D eigenvalue weighted by Gasteiger charge is 2.12. The highest BCUT2D eigenvalue weighted by Crippen LogP contribution is 2.32. The van der Waals surface area contributed by atoms with Crippen LogP contribution in [-0.4, -0.2) is 42.0 Å². The molecule has 2 N–H and O–H groups in total. The van der Waals surface area contributed by atoms with Gasteiger partial charge in [0, 0.05) is 11.6 Å². The number of carboxylic acid groups (broad SMARTS) is 1. The first-order valence-electron chi connectivity index (χ1n) is 8.08. The third-order valence-corrected chi connectivity index (χ3v) is 3.82. The Bertz CT molecular complexity index is 778. The molecule has 0 aromatic heterocycles. The Labute approximate surface area is 157 Å². The topological polar surface area (TPSA) is 78.9 Å². The molecule has 0 aliphatic carbocycles. The number of hydrogen-bond donors (Lipinski definition) is 2. The Hall–Kier alpha value is -2.57. The van der Waals surface area contributed by atoms with Gasteiger partial charge in [-0.3, -0.25) is 14.5 Å². The molecule has 2 aromatic carbocycles. The average molecular weight is 377 g/mol. The average Bonchev–Trinajstić information content (AvgIpc) is 2.57. The van der Waals surface area contributed by atoms with Crippen molar-refractivity contribution in [3.8, 4) is 11.5 Å². The molecule has 0 radical (unpaired) electrons. The number of amides is 1. The fraction of sp³-hybridized carbons (Fsp3) is 0.263. The lowest BCUT2D eigenvalue weighted by molar-refractivity contribution is -0.137. The molecule has 0 unspecified atom stereocenters. The number of rotatable bonds is 8. The fourth-order valence-electron chi connectivity index (χ4n) is 2.22. The van der Waals surface area contributed by atoms with Crippen molar-refractivity contribution in [1.29, 1.82) is 0 Å². The molecule has 138 valence electrons. The number of likely N-dealkylation sites (N-methyl/N-ethyl adjacent to an activating group) is 1. The van der Waals surface area contributed by atoms with Gasteiger partial charge in [-0.1, -0.05) is 29.3 Å². The molecule has 6 nitrogen and oxygen atoms in total. The number of nitrogens with one attached hydrogen (secondary N) is 1. The normalized spacial score (nSPS) is 10.6. The SMILES string of the molecule is Cc1ccc(Oc2ccc(Cl)cc2NC(=O)CN(C)CCC(=O)O)cc1. The molecule has 0 aliphatic heterocycles. The molecule has 0 aliphatic rings. The number of halogens is 1. The number of carboxylic acids is 1. The summed E-state index contributed by atoms with van der Waals surface area (Å²) in [4.78, 5) is 24.5. The van der Waals surface area contributed by atoms with Crippen molar-refractivity contribution in [3.63, 3.8) is 0 Å². The Morgan fingerprint density at radius 2 is 1.88 bits per heavy atom. The number of aliphatic carboxylic acids is 1. The minimum atomic E-state index is -0.902. The van der Waals surface area contributed by atoms with E-state index in [9.17, 15) is 9.59 Å². The smallest absolute Gasteiger partial charge is 0.304 e. The van der Waals surface area contributed by atoms with E-state index < -0.39 is 5.97 Å². The Morgan fingerprint density at radius 1 is 1.19 bits per heavy atom. The molecule has 0 fully saturated rings. The van der Waals surface area contributed by atoms with Crippen molar-refractivity contribution in [3.05, 3.63) is 53.1 Å². The second-order valence-corrected chi connectivity index (χ2v) is 6.42. The van der Waals surface area contributed by atoms with Crippen molar-refractivity contribution in [2.24, 2.45) is 0 Å². The maximum atomic E-state index is 12.2. The zero-order valence-corrected chi connectivity index (χ0v) is 15.4. The number of benzene rings is 2. The molecule has 0 bridgehead atoms. The van der Waals surface area contributed by atoms with Gasteiger partial charge in [0.1, 0.15) is 5.75 Å². The zero-order valence-electron chi connectivity index (χ0n) is 14.7. The van der Waals surface area contributed by atoms with Gasteiger partial charge in [0.05, 0.1) is 18.7 Å². The number of aryl methyl sites for hydroxylation is 1. The Kier molecular flexibility index (Phi) is 7.00. The van der Waals surface area contributed by atoms with E-state index in [0.717, 1.165) is 5.56 Å². The lowest BCUT2D eigenvalue weighted by atomic mass is 10.2. The van der Waals surface area contributed by atoms with Gasteiger partial charge in [-0.15, -0.1) is 0 Å². The largest absolute Gasteiger partial charge is 0.481 e.